The Kier molecular flexibility index (Phi) is 4.35. The van der Waals surface area contributed by atoms with Crippen LogP contribution in [0.25, 0.3) is 0 Å². The zero-order chi connectivity index (χ0) is 14.7. The van der Waals surface area contributed by atoms with Crippen molar-refractivity contribution in [2.75, 3.05) is 0 Å². The first-order valence-corrected chi connectivity index (χ1v) is 6.41. The summed E-state index contributed by atoms with van der Waals surface area (Å²) in [6.07, 6.45) is -0.535. The number of benzene rings is 2. The standard InChI is InChI=1S/C16H17F2NO/c1-10-3-8-14(18)15(9-10)20-16(11(2)19)12-4-6-13(17)7-5-12/h3-9,11,16H,19H2,1-2H3. The Morgan fingerprint density at radius 3 is 2.30 bits per heavy atom. The van der Waals surface area contributed by atoms with Crippen LogP contribution in [-0.4, -0.2) is 6.04 Å². The fourth-order valence-electron chi connectivity index (χ4n) is 1.97. The monoisotopic (exact) mass is 277 g/mol. The quantitative estimate of drug-likeness (QED) is 0.924. The van der Waals surface area contributed by atoms with Gasteiger partial charge in [-0.05, 0) is 49.2 Å². The van der Waals surface area contributed by atoms with Crippen LogP contribution < -0.4 is 10.5 Å². The fraction of sp³-hybridized carbons (Fsp3) is 0.250. The molecular formula is C16H17F2NO. The zero-order valence-electron chi connectivity index (χ0n) is 11.4. The molecular weight excluding hydrogens is 260 g/mol. The lowest BCUT2D eigenvalue weighted by Gasteiger charge is -2.23. The van der Waals surface area contributed by atoms with E-state index in [-0.39, 0.29) is 17.6 Å². The van der Waals surface area contributed by atoms with Crippen LogP contribution in [0.4, 0.5) is 8.78 Å². The minimum atomic E-state index is -0.535. The first-order chi connectivity index (χ1) is 9.47. The number of hydrogen-bond donors (Lipinski definition) is 1. The van der Waals surface area contributed by atoms with Crippen LogP contribution in [0, 0.1) is 18.6 Å². The van der Waals surface area contributed by atoms with Crippen molar-refractivity contribution in [2.24, 2.45) is 5.73 Å². The minimum Gasteiger partial charge on any atom is -0.481 e. The normalized spacial score (nSPS) is 13.8. The van der Waals surface area contributed by atoms with Crippen molar-refractivity contribution in [1.82, 2.24) is 0 Å². The minimum absolute atomic E-state index is 0.150. The molecule has 2 atom stereocenters. The van der Waals surface area contributed by atoms with Crippen LogP contribution in [0.15, 0.2) is 42.5 Å². The van der Waals surface area contributed by atoms with E-state index in [0.717, 1.165) is 5.56 Å². The maximum Gasteiger partial charge on any atom is 0.165 e. The summed E-state index contributed by atoms with van der Waals surface area (Å²) in [6.45, 7) is 3.62. The molecule has 0 saturated heterocycles. The van der Waals surface area contributed by atoms with E-state index < -0.39 is 11.9 Å². The van der Waals surface area contributed by atoms with Crippen LogP contribution >= 0.6 is 0 Å². The number of hydrogen-bond acceptors (Lipinski definition) is 2. The van der Waals surface area contributed by atoms with Gasteiger partial charge in [-0.3, -0.25) is 0 Å². The topological polar surface area (TPSA) is 35.2 Å². The average Bonchev–Trinajstić information content (AvgIpc) is 2.40. The average molecular weight is 277 g/mol. The molecule has 20 heavy (non-hydrogen) atoms. The summed E-state index contributed by atoms with van der Waals surface area (Å²) < 4.78 is 32.4. The summed E-state index contributed by atoms with van der Waals surface area (Å²) in [5, 5.41) is 0. The maximum absolute atomic E-state index is 13.7. The zero-order valence-corrected chi connectivity index (χ0v) is 11.4. The van der Waals surface area contributed by atoms with Gasteiger partial charge in [0, 0.05) is 6.04 Å². The van der Waals surface area contributed by atoms with Crippen molar-refractivity contribution in [1.29, 1.82) is 0 Å². The van der Waals surface area contributed by atoms with Gasteiger partial charge in [0.15, 0.2) is 11.6 Å². The third kappa shape index (κ3) is 3.33. The third-order valence-electron chi connectivity index (χ3n) is 3.02. The maximum atomic E-state index is 13.7. The largest absolute Gasteiger partial charge is 0.481 e. The van der Waals surface area contributed by atoms with Gasteiger partial charge in [-0.2, -0.15) is 0 Å². The van der Waals surface area contributed by atoms with Crippen LogP contribution in [-0.2, 0) is 0 Å². The van der Waals surface area contributed by atoms with E-state index in [9.17, 15) is 8.78 Å². The van der Waals surface area contributed by atoms with Crippen molar-refractivity contribution in [3.8, 4) is 5.75 Å². The summed E-state index contributed by atoms with van der Waals surface area (Å²) >= 11 is 0. The highest BCUT2D eigenvalue weighted by Gasteiger charge is 2.20. The summed E-state index contributed by atoms with van der Waals surface area (Å²) in [6, 6.07) is 10.1. The lowest BCUT2D eigenvalue weighted by Crippen LogP contribution is -2.29. The molecule has 2 unspecified atom stereocenters. The molecule has 0 aliphatic heterocycles. The van der Waals surface area contributed by atoms with Gasteiger partial charge in [0.25, 0.3) is 0 Å². The number of rotatable bonds is 4. The molecule has 0 amide bonds. The van der Waals surface area contributed by atoms with Crippen molar-refractivity contribution >= 4 is 0 Å². The Hall–Kier alpha value is -1.94. The van der Waals surface area contributed by atoms with Gasteiger partial charge in [-0.1, -0.05) is 18.2 Å². The van der Waals surface area contributed by atoms with E-state index in [1.807, 2.05) is 6.92 Å². The molecule has 2 nitrogen and oxygen atoms in total. The number of aryl methyl sites for hydroxylation is 1. The Morgan fingerprint density at radius 2 is 1.70 bits per heavy atom. The second-order valence-corrected chi connectivity index (χ2v) is 4.88. The second-order valence-electron chi connectivity index (χ2n) is 4.88. The van der Waals surface area contributed by atoms with Crippen LogP contribution in [0.3, 0.4) is 0 Å². The summed E-state index contributed by atoms with van der Waals surface area (Å²) in [5.74, 6) is -0.626. The van der Waals surface area contributed by atoms with Crippen LogP contribution in [0.5, 0.6) is 5.75 Å². The van der Waals surface area contributed by atoms with Crippen molar-refractivity contribution in [2.45, 2.75) is 26.0 Å². The van der Waals surface area contributed by atoms with Gasteiger partial charge in [0.1, 0.15) is 11.9 Å². The van der Waals surface area contributed by atoms with Crippen molar-refractivity contribution in [3.63, 3.8) is 0 Å². The van der Waals surface area contributed by atoms with E-state index in [0.29, 0.717) is 5.56 Å². The van der Waals surface area contributed by atoms with Crippen LogP contribution in [0.1, 0.15) is 24.2 Å². The van der Waals surface area contributed by atoms with E-state index in [1.165, 1.54) is 18.2 Å². The molecule has 2 aromatic carbocycles. The molecule has 106 valence electrons. The summed E-state index contributed by atoms with van der Waals surface area (Å²) in [4.78, 5) is 0. The van der Waals surface area contributed by atoms with Gasteiger partial charge in [-0.15, -0.1) is 0 Å². The fourth-order valence-corrected chi connectivity index (χ4v) is 1.97. The number of halogens is 2. The van der Waals surface area contributed by atoms with Gasteiger partial charge >= 0.3 is 0 Å². The molecule has 0 saturated carbocycles. The van der Waals surface area contributed by atoms with E-state index in [4.69, 9.17) is 10.5 Å². The summed E-state index contributed by atoms with van der Waals surface area (Å²) in [5.41, 5.74) is 7.50. The lowest BCUT2D eigenvalue weighted by molar-refractivity contribution is 0.172. The van der Waals surface area contributed by atoms with E-state index >= 15 is 0 Å². The molecule has 2 aromatic rings. The third-order valence-corrected chi connectivity index (χ3v) is 3.02. The molecule has 4 heteroatoms. The number of ether oxygens (including phenoxy) is 1. The lowest BCUT2D eigenvalue weighted by atomic mass is 10.0. The molecule has 2 N–H and O–H groups in total. The molecule has 0 aliphatic rings. The van der Waals surface area contributed by atoms with Gasteiger partial charge in [0.2, 0.25) is 0 Å². The second kappa shape index (κ2) is 6.01. The predicted molar refractivity (Wildman–Crippen MR) is 74.6 cm³/mol. The Labute approximate surface area is 117 Å². The first-order valence-electron chi connectivity index (χ1n) is 6.41. The molecule has 0 radical (unpaired) electrons. The van der Waals surface area contributed by atoms with Gasteiger partial charge in [-0.25, -0.2) is 8.78 Å². The Bertz CT molecular complexity index is 582. The molecule has 0 aliphatic carbocycles. The van der Waals surface area contributed by atoms with E-state index in [2.05, 4.69) is 0 Å². The van der Waals surface area contributed by atoms with E-state index in [1.54, 1.807) is 31.2 Å². The number of nitrogens with two attached hydrogens (primary N) is 1. The smallest absolute Gasteiger partial charge is 0.165 e. The molecule has 0 fully saturated rings. The highest BCUT2D eigenvalue weighted by Crippen LogP contribution is 2.27. The van der Waals surface area contributed by atoms with Crippen molar-refractivity contribution < 1.29 is 13.5 Å². The van der Waals surface area contributed by atoms with Crippen molar-refractivity contribution in [3.05, 3.63) is 65.2 Å². The Morgan fingerprint density at radius 1 is 1.05 bits per heavy atom. The molecule has 0 heterocycles. The van der Waals surface area contributed by atoms with Gasteiger partial charge < -0.3 is 10.5 Å². The van der Waals surface area contributed by atoms with Gasteiger partial charge in [0.05, 0.1) is 0 Å². The van der Waals surface area contributed by atoms with Crippen LogP contribution in [0.2, 0.25) is 0 Å². The molecule has 0 bridgehead atoms. The molecule has 0 spiro atoms. The highest BCUT2D eigenvalue weighted by molar-refractivity contribution is 5.31. The SMILES string of the molecule is Cc1ccc(F)c(OC(c2ccc(F)cc2)C(C)N)c1. The summed E-state index contributed by atoms with van der Waals surface area (Å²) in [7, 11) is 0. The molecule has 0 aromatic heterocycles. The molecule has 2 rings (SSSR count). The predicted octanol–water partition coefficient (Wildman–Crippen LogP) is 3.74. The highest BCUT2D eigenvalue weighted by atomic mass is 19.1. The Balaban J connectivity index is 2.30. The first kappa shape index (κ1) is 14.5.